The Bertz CT molecular complexity index is 1660. The molecule has 9 heteroatoms. The molecular weight excluding hydrogens is 515 g/mol. The molecule has 0 bridgehead atoms. The number of H-pyrrole nitrogens is 1. The topological polar surface area (TPSA) is 79.7 Å². The monoisotopic (exact) mass is 544 g/mol. The Morgan fingerprint density at radius 1 is 1.03 bits per heavy atom. The number of hydrogen-bond donors (Lipinski definition) is 1. The highest BCUT2D eigenvalue weighted by atomic mass is 35.5. The van der Waals surface area contributed by atoms with Gasteiger partial charge < -0.3 is 4.98 Å². The van der Waals surface area contributed by atoms with Gasteiger partial charge in [0.05, 0.1) is 18.1 Å². The molecule has 7 nitrogen and oxygen atoms in total. The van der Waals surface area contributed by atoms with Gasteiger partial charge >= 0.3 is 0 Å². The van der Waals surface area contributed by atoms with Gasteiger partial charge in [0, 0.05) is 23.7 Å². The third-order valence-electron chi connectivity index (χ3n) is 7.01. The number of nitrogens with one attached hydrogen (secondary N) is 1. The molecule has 1 atom stereocenters. The van der Waals surface area contributed by atoms with E-state index >= 15 is 0 Å². The smallest absolute Gasteiger partial charge is 0.252 e. The van der Waals surface area contributed by atoms with Gasteiger partial charge in [0.1, 0.15) is 5.82 Å². The Morgan fingerprint density at radius 3 is 2.51 bits per heavy atom. The standard InChI is InChI=1S/C30H30ClFN6O/c1-4-27(29-34-35-36-38(29)16-21-9-11-25(32)12-10-21)37(17-22-7-5-6-8-26(22)31)18-24-15-23-14-19(2)13-20(3)28(23)33-30(24)39/h5-15,27H,4,16-18H2,1-3H3,(H,33,39)/t27-/m0/s1. The van der Waals surface area contributed by atoms with Gasteiger partial charge in [-0.3, -0.25) is 9.69 Å². The van der Waals surface area contributed by atoms with Gasteiger partial charge in [-0.2, -0.15) is 0 Å². The highest BCUT2D eigenvalue weighted by molar-refractivity contribution is 6.31. The van der Waals surface area contributed by atoms with E-state index in [4.69, 9.17) is 11.6 Å². The van der Waals surface area contributed by atoms with Crippen LogP contribution in [-0.4, -0.2) is 30.1 Å². The molecule has 5 rings (SSSR count). The van der Waals surface area contributed by atoms with Crippen molar-refractivity contribution in [2.24, 2.45) is 0 Å². The Labute approximate surface area is 231 Å². The number of nitrogens with zero attached hydrogens (tertiary/aromatic N) is 5. The summed E-state index contributed by atoms with van der Waals surface area (Å²) >= 11 is 6.57. The number of aromatic amines is 1. The lowest BCUT2D eigenvalue weighted by atomic mass is 10.0. The largest absolute Gasteiger partial charge is 0.321 e. The van der Waals surface area contributed by atoms with Crippen LogP contribution in [0.4, 0.5) is 4.39 Å². The van der Waals surface area contributed by atoms with Gasteiger partial charge in [0.15, 0.2) is 5.82 Å². The van der Waals surface area contributed by atoms with Gasteiger partial charge in [0.2, 0.25) is 0 Å². The number of aryl methyl sites for hydroxylation is 2. The maximum atomic E-state index is 13.5. The molecule has 0 saturated carbocycles. The van der Waals surface area contributed by atoms with Gasteiger partial charge in [-0.05, 0) is 83.1 Å². The van der Waals surface area contributed by atoms with Gasteiger partial charge in [-0.25, -0.2) is 9.07 Å². The van der Waals surface area contributed by atoms with E-state index in [1.54, 1.807) is 16.8 Å². The summed E-state index contributed by atoms with van der Waals surface area (Å²) in [6, 6.07) is 19.9. The second kappa shape index (κ2) is 11.5. The van der Waals surface area contributed by atoms with Crippen LogP contribution in [0.15, 0.2) is 71.5 Å². The van der Waals surface area contributed by atoms with Crippen LogP contribution in [0.3, 0.4) is 0 Å². The van der Waals surface area contributed by atoms with Crippen LogP contribution in [0, 0.1) is 19.7 Å². The summed E-state index contributed by atoms with van der Waals surface area (Å²) in [7, 11) is 0. The fraction of sp³-hybridized carbons (Fsp3) is 0.267. The van der Waals surface area contributed by atoms with E-state index < -0.39 is 0 Å². The summed E-state index contributed by atoms with van der Waals surface area (Å²) < 4.78 is 15.2. The second-order valence-electron chi connectivity index (χ2n) is 9.91. The Balaban J connectivity index is 1.54. The van der Waals surface area contributed by atoms with Crippen LogP contribution in [0.25, 0.3) is 10.9 Å². The Hall–Kier alpha value is -3.88. The zero-order valence-corrected chi connectivity index (χ0v) is 22.9. The number of aromatic nitrogens is 5. The summed E-state index contributed by atoms with van der Waals surface area (Å²) in [6.45, 7) is 7.38. The predicted octanol–water partition coefficient (Wildman–Crippen LogP) is 6.13. The third kappa shape index (κ3) is 5.92. The first kappa shape index (κ1) is 26.7. The molecule has 0 aliphatic carbocycles. The number of pyridine rings is 1. The van der Waals surface area contributed by atoms with Crippen molar-refractivity contribution in [2.75, 3.05) is 0 Å². The molecule has 2 heterocycles. The van der Waals surface area contributed by atoms with Crippen molar-refractivity contribution in [1.29, 1.82) is 0 Å². The second-order valence-corrected chi connectivity index (χ2v) is 10.3. The highest BCUT2D eigenvalue weighted by Crippen LogP contribution is 2.29. The van der Waals surface area contributed by atoms with Crippen LogP contribution in [0.1, 0.15) is 53.0 Å². The molecule has 200 valence electrons. The lowest BCUT2D eigenvalue weighted by molar-refractivity contribution is 0.161. The minimum absolute atomic E-state index is 0.126. The van der Waals surface area contributed by atoms with Crippen molar-refractivity contribution in [2.45, 2.75) is 52.9 Å². The zero-order chi connectivity index (χ0) is 27.5. The van der Waals surface area contributed by atoms with E-state index in [1.165, 1.54) is 12.1 Å². The van der Waals surface area contributed by atoms with E-state index in [1.807, 2.05) is 37.3 Å². The molecule has 0 amide bonds. The normalized spacial score (nSPS) is 12.4. The molecule has 0 unspecified atom stereocenters. The molecular formula is C30H30ClFN6O. The molecule has 0 aliphatic rings. The van der Waals surface area contributed by atoms with E-state index in [2.05, 4.69) is 51.4 Å². The molecule has 0 saturated heterocycles. The number of fused-ring (bicyclic) bond motifs is 1. The van der Waals surface area contributed by atoms with Crippen molar-refractivity contribution < 1.29 is 4.39 Å². The number of hydrogen-bond acceptors (Lipinski definition) is 5. The average Bonchev–Trinajstić information content (AvgIpc) is 3.35. The summed E-state index contributed by atoms with van der Waals surface area (Å²) in [5, 5.41) is 14.2. The van der Waals surface area contributed by atoms with Crippen molar-refractivity contribution in [1.82, 2.24) is 30.1 Å². The molecule has 0 radical (unpaired) electrons. The number of rotatable bonds is 9. The van der Waals surface area contributed by atoms with Crippen LogP contribution >= 0.6 is 11.6 Å². The minimum atomic E-state index is -0.293. The highest BCUT2D eigenvalue weighted by Gasteiger charge is 2.27. The fourth-order valence-corrected chi connectivity index (χ4v) is 5.32. The first-order chi connectivity index (χ1) is 18.8. The maximum Gasteiger partial charge on any atom is 0.252 e. The number of halogens is 2. The first-order valence-corrected chi connectivity index (χ1v) is 13.3. The van der Waals surface area contributed by atoms with Gasteiger partial charge in [0.25, 0.3) is 5.56 Å². The predicted molar refractivity (Wildman–Crippen MR) is 151 cm³/mol. The molecule has 5 aromatic rings. The summed E-state index contributed by atoms with van der Waals surface area (Å²) in [5.41, 5.74) is 5.37. The van der Waals surface area contributed by atoms with E-state index in [0.29, 0.717) is 42.5 Å². The maximum absolute atomic E-state index is 13.5. The van der Waals surface area contributed by atoms with Crippen molar-refractivity contribution >= 4 is 22.5 Å². The fourth-order valence-electron chi connectivity index (χ4n) is 5.12. The van der Waals surface area contributed by atoms with Crippen molar-refractivity contribution in [3.05, 3.63) is 122 Å². The van der Waals surface area contributed by atoms with E-state index in [-0.39, 0.29) is 17.4 Å². The molecule has 2 aromatic heterocycles. The average molecular weight is 545 g/mol. The molecule has 0 aliphatic heterocycles. The Morgan fingerprint density at radius 2 is 1.77 bits per heavy atom. The molecule has 0 fully saturated rings. The van der Waals surface area contributed by atoms with Gasteiger partial charge in [-0.15, -0.1) is 5.10 Å². The number of benzene rings is 3. The number of tetrazole rings is 1. The molecule has 39 heavy (non-hydrogen) atoms. The minimum Gasteiger partial charge on any atom is -0.321 e. The lowest BCUT2D eigenvalue weighted by Gasteiger charge is -2.30. The molecule has 3 aromatic carbocycles. The Kier molecular flexibility index (Phi) is 7.86. The quantitative estimate of drug-likeness (QED) is 0.241. The van der Waals surface area contributed by atoms with E-state index in [0.717, 1.165) is 33.2 Å². The van der Waals surface area contributed by atoms with Crippen LogP contribution in [-0.2, 0) is 19.6 Å². The summed E-state index contributed by atoms with van der Waals surface area (Å²) in [4.78, 5) is 18.6. The summed E-state index contributed by atoms with van der Waals surface area (Å²) in [6.07, 6.45) is 0.692. The SMILES string of the molecule is CC[C@@H](c1nnnn1Cc1ccc(F)cc1)N(Cc1ccccc1Cl)Cc1cc2cc(C)cc(C)c2[nH]c1=O. The molecule has 1 N–H and O–H groups in total. The van der Waals surface area contributed by atoms with Crippen molar-refractivity contribution in [3.8, 4) is 0 Å². The van der Waals surface area contributed by atoms with Gasteiger partial charge in [-0.1, -0.05) is 60.5 Å². The van der Waals surface area contributed by atoms with Crippen LogP contribution < -0.4 is 5.56 Å². The van der Waals surface area contributed by atoms with E-state index in [9.17, 15) is 9.18 Å². The van der Waals surface area contributed by atoms with Crippen molar-refractivity contribution in [3.63, 3.8) is 0 Å². The lowest BCUT2D eigenvalue weighted by Crippen LogP contribution is -2.32. The third-order valence-corrected chi connectivity index (χ3v) is 7.37. The van der Waals surface area contributed by atoms with Crippen LogP contribution in [0.5, 0.6) is 0 Å². The first-order valence-electron chi connectivity index (χ1n) is 12.9. The summed E-state index contributed by atoms with van der Waals surface area (Å²) in [5.74, 6) is 0.372. The van der Waals surface area contributed by atoms with Crippen LogP contribution in [0.2, 0.25) is 5.02 Å². The zero-order valence-electron chi connectivity index (χ0n) is 22.2. The molecule has 0 spiro atoms.